The van der Waals surface area contributed by atoms with Crippen molar-refractivity contribution in [2.24, 2.45) is 0 Å². The Hall–Kier alpha value is -2.44. The maximum Gasteiger partial charge on any atom is 0.410 e. The molecule has 2 saturated heterocycles. The number of rotatable bonds is 7. The minimum absolute atomic E-state index is 0. The predicted molar refractivity (Wildman–Crippen MR) is 155 cm³/mol. The number of carbonyl (C=O) groups excluding carboxylic acids is 1. The van der Waals surface area contributed by atoms with E-state index in [0.717, 1.165) is 50.0 Å². The second-order valence-electron chi connectivity index (χ2n) is 10.3. The van der Waals surface area contributed by atoms with Crippen LogP contribution in [0.25, 0.3) is 0 Å². The van der Waals surface area contributed by atoms with Gasteiger partial charge in [-0.25, -0.2) is 4.79 Å². The van der Waals surface area contributed by atoms with E-state index in [2.05, 4.69) is 4.90 Å². The summed E-state index contributed by atoms with van der Waals surface area (Å²) in [5.41, 5.74) is 3.03. The number of piperidine rings is 1. The summed E-state index contributed by atoms with van der Waals surface area (Å²) >= 11 is 12.7. The number of benzene rings is 3. The zero-order valence-electron chi connectivity index (χ0n) is 21.2. The molecule has 8 heteroatoms. The smallest absolute Gasteiger partial charge is 0.410 e. The Balaban J connectivity index is 0.00000336. The molecule has 5 rings (SSSR count). The second kappa shape index (κ2) is 12.6. The molecule has 0 bridgehead atoms. The number of phenolic OH excluding ortho intramolecular Hbond substituents is 1. The molecular formula is C30H33Cl3N2O3. The number of phenols is 1. The summed E-state index contributed by atoms with van der Waals surface area (Å²) in [7, 11) is 0. The fourth-order valence-corrected chi connectivity index (χ4v) is 5.89. The molecule has 202 valence electrons. The van der Waals surface area contributed by atoms with Crippen molar-refractivity contribution in [3.8, 4) is 5.75 Å². The van der Waals surface area contributed by atoms with E-state index in [9.17, 15) is 9.90 Å². The highest BCUT2D eigenvalue weighted by atomic mass is 35.5. The van der Waals surface area contributed by atoms with Gasteiger partial charge in [0, 0.05) is 18.5 Å². The van der Waals surface area contributed by atoms with Gasteiger partial charge < -0.3 is 19.6 Å². The molecule has 2 aliphatic rings. The fourth-order valence-electron chi connectivity index (χ4n) is 5.60. The van der Waals surface area contributed by atoms with Gasteiger partial charge in [0.05, 0.1) is 10.0 Å². The van der Waals surface area contributed by atoms with E-state index in [0.29, 0.717) is 41.4 Å². The van der Waals surface area contributed by atoms with Gasteiger partial charge in [0.2, 0.25) is 0 Å². The molecule has 0 aromatic heterocycles. The van der Waals surface area contributed by atoms with Crippen LogP contribution in [0.4, 0.5) is 4.79 Å². The molecule has 0 saturated carbocycles. The molecule has 3 aromatic rings. The van der Waals surface area contributed by atoms with Crippen molar-refractivity contribution >= 4 is 41.7 Å². The lowest BCUT2D eigenvalue weighted by atomic mass is 9.76. The summed E-state index contributed by atoms with van der Waals surface area (Å²) < 4.78 is 5.80. The van der Waals surface area contributed by atoms with Gasteiger partial charge in [0.15, 0.2) is 0 Å². The summed E-state index contributed by atoms with van der Waals surface area (Å²) in [5.74, 6) is 0.821. The molecule has 2 heterocycles. The number of nitrogens with zero attached hydrogens (tertiary/aromatic N) is 2. The van der Waals surface area contributed by atoms with Crippen LogP contribution in [0, 0.1) is 0 Å². The van der Waals surface area contributed by atoms with Crippen LogP contribution in [0.15, 0.2) is 72.8 Å². The van der Waals surface area contributed by atoms with Crippen LogP contribution >= 0.6 is 35.6 Å². The van der Waals surface area contributed by atoms with Crippen molar-refractivity contribution in [2.45, 2.75) is 37.1 Å². The molecule has 2 fully saturated rings. The van der Waals surface area contributed by atoms with Crippen molar-refractivity contribution in [3.63, 3.8) is 0 Å². The molecule has 0 radical (unpaired) electrons. The number of cyclic esters (lactones) is 1. The van der Waals surface area contributed by atoms with Gasteiger partial charge in [-0.15, -0.1) is 12.4 Å². The molecule has 3 aromatic carbocycles. The molecular weight excluding hydrogens is 543 g/mol. The summed E-state index contributed by atoms with van der Waals surface area (Å²) in [4.78, 5) is 17.1. The lowest BCUT2D eigenvalue weighted by Crippen LogP contribution is -2.53. The van der Waals surface area contributed by atoms with Crippen molar-refractivity contribution in [1.29, 1.82) is 0 Å². The summed E-state index contributed by atoms with van der Waals surface area (Å²) in [6.45, 7) is 4.30. The van der Waals surface area contributed by atoms with Crippen LogP contribution in [0.2, 0.25) is 10.0 Å². The van der Waals surface area contributed by atoms with Crippen molar-refractivity contribution in [2.75, 3.05) is 32.8 Å². The first-order chi connectivity index (χ1) is 17.9. The van der Waals surface area contributed by atoms with E-state index in [1.54, 1.807) is 17.0 Å². The third kappa shape index (κ3) is 6.58. The van der Waals surface area contributed by atoms with E-state index >= 15 is 0 Å². The maximum absolute atomic E-state index is 12.8. The van der Waals surface area contributed by atoms with Crippen LogP contribution < -0.4 is 0 Å². The summed E-state index contributed by atoms with van der Waals surface area (Å²) in [5, 5.41) is 10.6. The third-order valence-corrected chi connectivity index (χ3v) is 8.57. The normalized spacial score (nSPS) is 20.6. The van der Waals surface area contributed by atoms with E-state index < -0.39 is 0 Å². The molecule has 1 atom stereocenters. The number of amides is 1. The molecule has 2 aliphatic heterocycles. The highest BCUT2D eigenvalue weighted by Crippen LogP contribution is 2.38. The van der Waals surface area contributed by atoms with Crippen LogP contribution in [0.3, 0.4) is 0 Å². The Morgan fingerprint density at radius 3 is 2.34 bits per heavy atom. The van der Waals surface area contributed by atoms with Crippen molar-refractivity contribution in [1.82, 2.24) is 9.80 Å². The van der Waals surface area contributed by atoms with E-state index in [1.807, 2.05) is 60.7 Å². The lowest BCUT2D eigenvalue weighted by Gasteiger charge is -2.44. The van der Waals surface area contributed by atoms with Gasteiger partial charge >= 0.3 is 6.09 Å². The topological polar surface area (TPSA) is 53.0 Å². The average Bonchev–Trinajstić information content (AvgIpc) is 2.92. The molecule has 1 amide bonds. The van der Waals surface area contributed by atoms with Crippen LogP contribution in [-0.2, 0) is 16.7 Å². The first-order valence-electron chi connectivity index (χ1n) is 12.8. The van der Waals surface area contributed by atoms with Crippen molar-refractivity contribution in [3.05, 3.63) is 99.5 Å². The number of likely N-dealkylation sites (tertiary alicyclic amines) is 1. The maximum atomic E-state index is 12.8. The quantitative estimate of drug-likeness (QED) is 0.322. The van der Waals surface area contributed by atoms with Crippen LogP contribution in [0.5, 0.6) is 5.75 Å². The Morgan fingerprint density at radius 1 is 0.947 bits per heavy atom. The predicted octanol–water partition coefficient (Wildman–Crippen LogP) is 7.28. The number of carbonyl (C=O) groups is 1. The number of halogens is 3. The van der Waals surface area contributed by atoms with E-state index in [-0.39, 0.29) is 23.9 Å². The zero-order valence-corrected chi connectivity index (χ0v) is 23.5. The third-order valence-electron chi connectivity index (χ3n) is 7.83. The molecule has 1 N–H and O–H groups in total. The van der Waals surface area contributed by atoms with Gasteiger partial charge in [-0.2, -0.15) is 0 Å². The van der Waals surface area contributed by atoms with E-state index in [4.69, 9.17) is 27.9 Å². The molecule has 0 aliphatic carbocycles. The van der Waals surface area contributed by atoms with Gasteiger partial charge in [-0.3, -0.25) is 0 Å². The highest BCUT2D eigenvalue weighted by Gasteiger charge is 2.42. The number of hydrogen-bond acceptors (Lipinski definition) is 4. The average molecular weight is 576 g/mol. The standard InChI is InChI=1S/C30H32Cl2N2O3.ClH/c31-27-11-8-25(18-28(27)32)30(20-34(29(36)37-21-30)19-22-4-2-1-3-5-22)14-17-33-15-12-24(13-16-33)23-6-9-26(35)10-7-23;/h1-11,18,24,35H,12-17,19-21H2;1H. The van der Waals surface area contributed by atoms with Crippen LogP contribution in [-0.4, -0.2) is 53.8 Å². The molecule has 38 heavy (non-hydrogen) atoms. The first-order valence-corrected chi connectivity index (χ1v) is 13.6. The Kier molecular flexibility index (Phi) is 9.48. The summed E-state index contributed by atoms with van der Waals surface area (Å²) in [6.07, 6.45) is 2.72. The lowest BCUT2D eigenvalue weighted by molar-refractivity contribution is 0.0167. The number of ether oxygens (including phenoxy) is 1. The van der Waals surface area contributed by atoms with Gasteiger partial charge in [-0.1, -0.05) is 71.7 Å². The minimum Gasteiger partial charge on any atom is -0.508 e. The number of aromatic hydroxyl groups is 1. The Bertz CT molecular complexity index is 1220. The van der Waals surface area contributed by atoms with Gasteiger partial charge in [0.25, 0.3) is 0 Å². The van der Waals surface area contributed by atoms with Crippen LogP contribution in [0.1, 0.15) is 41.9 Å². The van der Waals surface area contributed by atoms with E-state index in [1.165, 1.54) is 5.56 Å². The largest absolute Gasteiger partial charge is 0.508 e. The minimum atomic E-state index is -0.384. The summed E-state index contributed by atoms with van der Waals surface area (Å²) in [6, 6.07) is 23.4. The fraction of sp³-hybridized carbons (Fsp3) is 0.367. The Morgan fingerprint density at radius 2 is 1.66 bits per heavy atom. The van der Waals surface area contributed by atoms with Gasteiger partial charge in [0.1, 0.15) is 12.4 Å². The zero-order chi connectivity index (χ0) is 25.8. The number of hydrogen-bond donors (Lipinski definition) is 1. The Labute approximate surface area is 240 Å². The SMILES string of the molecule is Cl.O=C1OCC(CCN2CCC(c3ccc(O)cc3)CC2)(c2ccc(Cl)c(Cl)c2)CN1Cc1ccccc1. The highest BCUT2D eigenvalue weighted by molar-refractivity contribution is 6.42. The first kappa shape index (κ1) is 28.6. The monoisotopic (exact) mass is 574 g/mol. The second-order valence-corrected chi connectivity index (χ2v) is 11.1. The van der Waals surface area contributed by atoms with Gasteiger partial charge in [-0.05, 0) is 85.8 Å². The molecule has 5 nitrogen and oxygen atoms in total. The molecule has 0 spiro atoms. The molecule has 1 unspecified atom stereocenters. The van der Waals surface area contributed by atoms with Crippen molar-refractivity contribution < 1.29 is 14.6 Å².